The Morgan fingerprint density at radius 1 is 1.22 bits per heavy atom. The van der Waals surface area contributed by atoms with E-state index in [0.717, 1.165) is 37.0 Å². The van der Waals surface area contributed by atoms with Gasteiger partial charge in [-0.3, -0.25) is 9.36 Å². The van der Waals surface area contributed by atoms with E-state index < -0.39 is 24.6 Å². The quantitative estimate of drug-likeness (QED) is 0.265. The fourth-order valence-electron chi connectivity index (χ4n) is 4.67. The summed E-state index contributed by atoms with van der Waals surface area (Å²) in [7, 11) is 0. The zero-order chi connectivity index (χ0) is 26.3. The number of aromatic nitrogens is 6. The predicted octanol–water partition coefficient (Wildman–Crippen LogP) is 6.78. The zero-order valence-electron chi connectivity index (χ0n) is 20.3. The Balaban J connectivity index is 1.39. The van der Waals surface area contributed by atoms with Gasteiger partial charge >= 0.3 is 6.18 Å². The fraction of sp³-hybridized carbons (Fsp3) is 0.400. The number of imidazole rings is 1. The summed E-state index contributed by atoms with van der Waals surface area (Å²) in [5.74, 6) is 0.276. The van der Waals surface area contributed by atoms with Crippen LogP contribution >= 0.6 is 11.6 Å². The first-order chi connectivity index (χ1) is 17.7. The van der Waals surface area contributed by atoms with Gasteiger partial charge in [0.25, 0.3) is 0 Å². The molecule has 0 amide bonds. The summed E-state index contributed by atoms with van der Waals surface area (Å²) in [4.78, 5) is 3.82. The van der Waals surface area contributed by atoms with E-state index in [0.29, 0.717) is 28.5 Å². The molecule has 0 fully saturated rings. The van der Waals surface area contributed by atoms with E-state index in [-0.39, 0.29) is 11.9 Å². The number of nitrogens with zero attached hydrogens (tertiary/aromatic N) is 6. The molecule has 7 nitrogen and oxygen atoms in total. The Labute approximate surface area is 216 Å². The van der Waals surface area contributed by atoms with Crippen molar-refractivity contribution in [3.63, 3.8) is 0 Å². The smallest absolute Gasteiger partial charge is 0.377 e. The van der Waals surface area contributed by atoms with E-state index in [9.17, 15) is 17.6 Å². The highest BCUT2D eigenvalue weighted by Crippen LogP contribution is 2.36. The highest BCUT2D eigenvalue weighted by Gasteiger charge is 2.35. The van der Waals surface area contributed by atoms with Crippen molar-refractivity contribution in [2.75, 3.05) is 12.0 Å². The summed E-state index contributed by atoms with van der Waals surface area (Å²) in [6.45, 7) is 4.06. The molecule has 4 heterocycles. The van der Waals surface area contributed by atoms with Gasteiger partial charge in [0.15, 0.2) is 5.69 Å². The summed E-state index contributed by atoms with van der Waals surface area (Å²) in [5, 5.41) is 12.9. The normalized spacial score (nSPS) is 16.6. The van der Waals surface area contributed by atoms with Gasteiger partial charge in [0.05, 0.1) is 29.0 Å². The van der Waals surface area contributed by atoms with Crippen molar-refractivity contribution in [3.8, 4) is 22.8 Å². The Morgan fingerprint density at radius 3 is 2.65 bits per heavy atom. The number of nitrogens with one attached hydrogen (secondary N) is 1. The minimum atomic E-state index is -4.49. The van der Waals surface area contributed by atoms with Crippen molar-refractivity contribution < 1.29 is 17.6 Å². The first-order valence-corrected chi connectivity index (χ1v) is 12.5. The molecule has 196 valence electrons. The van der Waals surface area contributed by atoms with Crippen LogP contribution in [0.15, 0.2) is 42.7 Å². The van der Waals surface area contributed by atoms with E-state index in [1.165, 1.54) is 10.8 Å². The maximum Gasteiger partial charge on any atom is 0.434 e. The Morgan fingerprint density at radius 2 is 1.97 bits per heavy atom. The molecule has 0 spiro atoms. The molecule has 12 heteroatoms. The third kappa shape index (κ3) is 4.84. The molecule has 0 bridgehead atoms. The molecule has 1 aromatic carbocycles. The molecule has 37 heavy (non-hydrogen) atoms. The van der Waals surface area contributed by atoms with Crippen LogP contribution in [0, 0.1) is 0 Å². The van der Waals surface area contributed by atoms with Crippen molar-refractivity contribution in [1.29, 1.82) is 0 Å². The van der Waals surface area contributed by atoms with Gasteiger partial charge in [-0.25, -0.2) is 9.37 Å². The third-order valence-electron chi connectivity index (χ3n) is 6.56. The highest BCUT2D eigenvalue weighted by atomic mass is 35.5. The minimum absolute atomic E-state index is 0.0379. The number of alkyl halides is 4. The van der Waals surface area contributed by atoms with E-state index in [1.807, 2.05) is 22.9 Å². The lowest BCUT2D eigenvalue weighted by molar-refractivity contribution is -0.140. The number of fused-ring (bicyclic) bond motifs is 1. The SMILES string of the molecule is CCn1cc(C(F)(F)F)nc1-c1ccc(NC2CCCn3nc(-c4c(Cl)cnn4[C@H](C)CF)cc32)cc1. The molecule has 0 saturated heterocycles. The van der Waals surface area contributed by atoms with Gasteiger partial charge in [0, 0.05) is 30.5 Å². The van der Waals surface area contributed by atoms with Gasteiger partial charge in [0.1, 0.15) is 23.9 Å². The topological polar surface area (TPSA) is 65.5 Å². The van der Waals surface area contributed by atoms with Gasteiger partial charge < -0.3 is 9.88 Å². The molecule has 5 rings (SSSR count). The number of rotatable bonds is 7. The first kappa shape index (κ1) is 25.3. The molecule has 1 unspecified atom stereocenters. The van der Waals surface area contributed by atoms with Crippen molar-refractivity contribution in [2.45, 2.75) is 58.0 Å². The molecule has 0 saturated carbocycles. The van der Waals surface area contributed by atoms with Crippen LogP contribution in [0.5, 0.6) is 0 Å². The predicted molar refractivity (Wildman–Crippen MR) is 133 cm³/mol. The van der Waals surface area contributed by atoms with E-state index in [4.69, 9.17) is 16.7 Å². The maximum atomic E-state index is 13.3. The summed E-state index contributed by atoms with van der Waals surface area (Å²) < 4.78 is 57.8. The number of halogens is 5. The average Bonchev–Trinajstić information content (AvgIpc) is 3.60. The fourth-order valence-corrected chi connectivity index (χ4v) is 4.89. The molecule has 1 aliphatic heterocycles. The second-order valence-corrected chi connectivity index (χ2v) is 9.52. The van der Waals surface area contributed by atoms with Crippen LogP contribution in [0.4, 0.5) is 23.2 Å². The monoisotopic (exact) mass is 535 g/mol. The maximum absolute atomic E-state index is 13.3. The second-order valence-electron chi connectivity index (χ2n) is 9.12. The number of benzene rings is 1. The van der Waals surface area contributed by atoms with Crippen LogP contribution in [0.25, 0.3) is 22.8 Å². The van der Waals surface area contributed by atoms with E-state index in [1.54, 1.807) is 30.7 Å². The number of aryl methyl sites for hydroxylation is 2. The Hall–Kier alpha value is -3.34. The van der Waals surface area contributed by atoms with Crippen LogP contribution in [-0.4, -0.2) is 35.8 Å². The lowest BCUT2D eigenvalue weighted by Crippen LogP contribution is -2.21. The molecule has 4 aromatic rings. The van der Waals surface area contributed by atoms with Gasteiger partial charge in [-0.15, -0.1) is 0 Å². The lowest BCUT2D eigenvalue weighted by Gasteiger charge is -2.25. The van der Waals surface area contributed by atoms with Gasteiger partial charge in [-0.05, 0) is 57.0 Å². The summed E-state index contributed by atoms with van der Waals surface area (Å²) in [6, 6.07) is 8.64. The number of hydrogen-bond acceptors (Lipinski definition) is 4. The standard InChI is InChI=1S/C25H26ClF4N7/c1-3-35-14-22(25(28,29)30)33-24(35)16-6-8-17(9-7-16)32-19-5-4-10-36-21(19)11-20(34-36)23-18(26)13-31-37(23)15(2)12-27/h6-9,11,13-15,19,32H,3-5,10,12H2,1-2H3/t15-,19?/m1/s1. The highest BCUT2D eigenvalue weighted by molar-refractivity contribution is 6.32. The van der Waals surface area contributed by atoms with E-state index in [2.05, 4.69) is 15.4 Å². The van der Waals surface area contributed by atoms with Crippen molar-refractivity contribution >= 4 is 17.3 Å². The molecule has 3 aromatic heterocycles. The number of anilines is 1. The lowest BCUT2D eigenvalue weighted by atomic mass is 10.0. The van der Waals surface area contributed by atoms with Crippen LogP contribution in [0.3, 0.4) is 0 Å². The minimum Gasteiger partial charge on any atom is -0.377 e. The van der Waals surface area contributed by atoms with Crippen molar-refractivity contribution in [1.82, 2.24) is 29.1 Å². The van der Waals surface area contributed by atoms with E-state index >= 15 is 0 Å². The third-order valence-corrected chi connectivity index (χ3v) is 6.83. The Bertz CT molecular complexity index is 1390. The van der Waals surface area contributed by atoms with Crippen LogP contribution in [-0.2, 0) is 19.3 Å². The number of hydrogen-bond donors (Lipinski definition) is 1. The van der Waals surface area contributed by atoms with Crippen LogP contribution < -0.4 is 5.32 Å². The molecule has 2 atom stereocenters. The van der Waals surface area contributed by atoms with Gasteiger partial charge in [0.2, 0.25) is 0 Å². The molecular weight excluding hydrogens is 510 g/mol. The Kier molecular flexibility index (Phi) is 6.74. The van der Waals surface area contributed by atoms with Crippen LogP contribution in [0.1, 0.15) is 50.2 Å². The summed E-state index contributed by atoms with van der Waals surface area (Å²) in [5.41, 5.74) is 2.71. The molecule has 0 radical (unpaired) electrons. The summed E-state index contributed by atoms with van der Waals surface area (Å²) >= 11 is 6.38. The zero-order valence-corrected chi connectivity index (χ0v) is 21.1. The molecule has 1 N–H and O–H groups in total. The molecule has 1 aliphatic rings. The molecule has 0 aliphatic carbocycles. The molecular formula is C25H26ClF4N7. The average molecular weight is 536 g/mol. The summed E-state index contributed by atoms with van der Waals surface area (Å²) in [6.07, 6.45) is -0.178. The van der Waals surface area contributed by atoms with Gasteiger partial charge in [-0.2, -0.15) is 23.4 Å². The van der Waals surface area contributed by atoms with Crippen LogP contribution in [0.2, 0.25) is 5.02 Å². The van der Waals surface area contributed by atoms with Crippen molar-refractivity contribution in [3.05, 3.63) is 59.1 Å². The first-order valence-electron chi connectivity index (χ1n) is 12.1. The van der Waals surface area contributed by atoms with Gasteiger partial charge in [-0.1, -0.05) is 11.6 Å². The largest absolute Gasteiger partial charge is 0.434 e. The van der Waals surface area contributed by atoms with Crippen molar-refractivity contribution in [2.24, 2.45) is 0 Å². The second kappa shape index (κ2) is 9.85.